The number of aliphatic hydroxyl groups excluding tert-OH is 1. The average molecular weight is 408 g/mol. The summed E-state index contributed by atoms with van der Waals surface area (Å²) in [4.78, 5) is 13.2. The average Bonchev–Trinajstić information content (AvgIpc) is 2.97. The van der Waals surface area contributed by atoms with Crippen LogP contribution in [-0.4, -0.2) is 23.5 Å². The fourth-order valence-corrected chi connectivity index (χ4v) is 7.86. The number of aryl methyl sites for hydroxylation is 1. The molecule has 3 heteroatoms. The Bertz CT molecular complexity index is 875. The van der Waals surface area contributed by atoms with Crippen LogP contribution < -0.4 is 5.32 Å². The minimum Gasteiger partial charge on any atom is -0.393 e. The second-order valence-electron chi connectivity index (χ2n) is 11.2. The largest absolute Gasteiger partial charge is 0.393 e. The van der Waals surface area contributed by atoms with E-state index in [9.17, 15) is 9.90 Å². The molecule has 2 N–H and O–H groups in total. The maximum absolute atomic E-state index is 13.2. The van der Waals surface area contributed by atoms with Crippen molar-refractivity contribution in [2.45, 2.75) is 71.8 Å². The summed E-state index contributed by atoms with van der Waals surface area (Å²) in [6.45, 7) is 7.74. The number of nitrogens with one attached hydrogen (secondary N) is 1. The number of anilines is 1. The van der Waals surface area contributed by atoms with Gasteiger partial charge in [0.2, 0.25) is 0 Å². The maximum atomic E-state index is 13.2. The van der Waals surface area contributed by atoms with E-state index < -0.39 is 0 Å². The zero-order valence-electron chi connectivity index (χ0n) is 18.8. The summed E-state index contributed by atoms with van der Waals surface area (Å²) in [6, 6.07) is 8.47. The van der Waals surface area contributed by atoms with E-state index in [0.29, 0.717) is 23.5 Å². The molecule has 30 heavy (non-hydrogen) atoms. The summed E-state index contributed by atoms with van der Waals surface area (Å²) in [6.07, 6.45) is 9.47. The van der Waals surface area contributed by atoms with Crippen LogP contribution in [0, 0.1) is 41.4 Å². The molecule has 162 valence electrons. The summed E-state index contributed by atoms with van der Waals surface area (Å²) >= 11 is 0. The minimum absolute atomic E-state index is 0.116. The molecule has 0 radical (unpaired) electrons. The lowest BCUT2D eigenvalue weighted by molar-refractivity contribution is -0.121. The van der Waals surface area contributed by atoms with Gasteiger partial charge in [0.15, 0.2) is 0 Å². The van der Waals surface area contributed by atoms with Gasteiger partial charge in [0.05, 0.1) is 6.10 Å². The third-order valence-electron chi connectivity index (χ3n) is 9.65. The van der Waals surface area contributed by atoms with E-state index >= 15 is 0 Å². The van der Waals surface area contributed by atoms with Crippen LogP contribution in [0.2, 0.25) is 0 Å². The predicted molar refractivity (Wildman–Crippen MR) is 121 cm³/mol. The number of benzene rings is 1. The van der Waals surface area contributed by atoms with E-state index in [-0.39, 0.29) is 22.9 Å². The summed E-state index contributed by atoms with van der Waals surface area (Å²) < 4.78 is 0. The van der Waals surface area contributed by atoms with E-state index in [0.717, 1.165) is 50.8 Å². The molecule has 0 amide bonds. The molecule has 0 bridgehead atoms. The standard InChI is InChI=1S/C27H37NO2/c1-17-5-4-6-19(13-17)28-16-24-25(30)15-23-21-8-7-18-14-20(29)9-11-26(18,2)22(21)10-12-27(23,24)3/h4-7,13,20-24,28-29H,8-12,14-16H2,1-3H3/t20-,21+,22-,23-,24-,26-,27-/m0/s1. The quantitative estimate of drug-likeness (QED) is 0.648. The molecule has 0 aliphatic heterocycles. The van der Waals surface area contributed by atoms with Crippen LogP contribution in [0.25, 0.3) is 0 Å². The molecule has 5 rings (SSSR count). The van der Waals surface area contributed by atoms with Crippen molar-refractivity contribution >= 4 is 11.5 Å². The van der Waals surface area contributed by atoms with Crippen LogP contribution in [-0.2, 0) is 4.79 Å². The number of hydrogen-bond acceptors (Lipinski definition) is 3. The van der Waals surface area contributed by atoms with E-state index in [1.54, 1.807) is 0 Å². The van der Waals surface area contributed by atoms with Crippen LogP contribution in [0.1, 0.15) is 64.4 Å². The summed E-state index contributed by atoms with van der Waals surface area (Å²) in [7, 11) is 0. The number of carbonyl (C=O) groups is 1. The highest BCUT2D eigenvalue weighted by atomic mass is 16.3. The molecule has 0 unspecified atom stereocenters. The van der Waals surface area contributed by atoms with E-state index in [4.69, 9.17) is 0 Å². The molecule has 3 fully saturated rings. The van der Waals surface area contributed by atoms with Gasteiger partial charge in [-0.1, -0.05) is 37.6 Å². The molecule has 3 saturated carbocycles. The number of fused-ring (bicyclic) bond motifs is 5. The topological polar surface area (TPSA) is 49.3 Å². The Morgan fingerprint density at radius 2 is 1.97 bits per heavy atom. The Morgan fingerprint density at radius 3 is 2.77 bits per heavy atom. The van der Waals surface area contributed by atoms with Crippen molar-refractivity contribution in [1.29, 1.82) is 0 Å². The van der Waals surface area contributed by atoms with Gasteiger partial charge in [-0.05, 0) is 91.7 Å². The molecule has 4 aliphatic carbocycles. The van der Waals surface area contributed by atoms with Gasteiger partial charge in [-0.15, -0.1) is 0 Å². The molecule has 1 aromatic rings. The fourth-order valence-electron chi connectivity index (χ4n) is 7.86. The van der Waals surface area contributed by atoms with Crippen LogP contribution in [0.3, 0.4) is 0 Å². The van der Waals surface area contributed by atoms with Crippen molar-refractivity contribution in [2.24, 2.45) is 34.5 Å². The van der Waals surface area contributed by atoms with E-state index in [1.165, 1.54) is 17.6 Å². The Morgan fingerprint density at radius 1 is 1.13 bits per heavy atom. The third kappa shape index (κ3) is 3.07. The molecule has 0 spiro atoms. The van der Waals surface area contributed by atoms with Gasteiger partial charge >= 0.3 is 0 Å². The fraction of sp³-hybridized carbons (Fsp3) is 0.667. The first-order valence-electron chi connectivity index (χ1n) is 12.0. The number of ketones is 1. The lowest BCUT2D eigenvalue weighted by Gasteiger charge is -2.57. The third-order valence-corrected chi connectivity index (χ3v) is 9.65. The van der Waals surface area contributed by atoms with E-state index in [2.05, 4.69) is 56.4 Å². The second-order valence-corrected chi connectivity index (χ2v) is 11.2. The number of allylic oxidation sites excluding steroid dienone is 1. The monoisotopic (exact) mass is 407 g/mol. The van der Waals surface area contributed by atoms with Gasteiger partial charge in [-0.25, -0.2) is 0 Å². The normalized spacial score (nSPS) is 42.7. The van der Waals surface area contributed by atoms with Crippen LogP contribution in [0.4, 0.5) is 5.69 Å². The van der Waals surface area contributed by atoms with Gasteiger partial charge in [0.25, 0.3) is 0 Å². The first-order chi connectivity index (χ1) is 14.3. The lowest BCUT2D eigenvalue weighted by atomic mass is 9.47. The van der Waals surface area contributed by atoms with Crippen molar-refractivity contribution in [1.82, 2.24) is 0 Å². The molecule has 4 aliphatic rings. The van der Waals surface area contributed by atoms with Crippen LogP contribution in [0.15, 0.2) is 35.9 Å². The smallest absolute Gasteiger partial charge is 0.138 e. The number of aliphatic hydroxyl groups is 1. The Kier molecular flexibility index (Phi) is 4.89. The highest BCUT2D eigenvalue weighted by Crippen LogP contribution is 2.65. The Balaban J connectivity index is 1.37. The second kappa shape index (κ2) is 7.22. The molecule has 0 heterocycles. The van der Waals surface area contributed by atoms with Gasteiger partial charge < -0.3 is 10.4 Å². The molecule has 3 nitrogen and oxygen atoms in total. The van der Waals surface area contributed by atoms with Crippen molar-refractivity contribution in [2.75, 3.05) is 11.9 Å². The summed E-state index contributed by atoms with van der Waals surface area (Å²) in [5.74, 6) is 2.41. The SMILES string of the molecule is Cc1cccc(NC[C@H]2C(=O)C[C@H]3[C@@H]4CC=C5C[C@@H](O)CC[C@]5(C)[C@H]4CC[C@]23C)c1. The summed E-state index contributed by atoms with van der Waals surface area (Å²) in [5, 5.41) is 13.8. The van der Waals surface area contributed by atoms with Crippen molar-refractivity contribution < 1.29 is 9.90 Å². The Hall–Kier alpha value is -1.61. The number of hydrogen-bond donors (Lipinski definition) is 2. The van der Waals surface area contributed by atoms with Gasteiger partial charge in [0.1, 0.15) is 5.78 Å². The highest BCUT2D eigenvalue weighted by molar-refractivity contribution is 5.85. The number of carbonyl (C=O) groups excluding carboxylic acids is 1. The molecule has 0 aromatic heterocycles. The highest BCUT2D eigenvalue weighted by Gasteiger charge is 2.60. The predicted octanol–water partition coefficient (Wildman–Crippen LogP) is 5.53. The van der Waals surface area contributed by atoms with Crippen LogP contribution in [0.5, 0.6) is 0 Å². The van der Waals surface area contributed by atoms with Crippen LogP contribution >= 0.6 is 0 Å². The molecule has 0 saturated heterocycles. The molecule has 7 atom stereocenters. The van der Waals surface area contributed by atoms with Crippen molar-refractivity contribution in [3.8, 4) is 0 Å². The first-order valence-corrected chi connectivity index (χ1v) is 12.0. The lowest BCUT2D eigenvalue weighted by Crippen LogP contribution is -2.51. The number of rotatable bonds is 3. The zero-order valence-corrected chi connectivity index (χ0v) is 18.8. The van der Waals surface area contributed by atoms with Crippen molar-refractivity contribution in [3.05, 3.63) is 41.5 Å². The molecular weight excluding hydrogens is 370 g/mol. The Labute approximate surface area is 181 Å². The first kappa shape index (κ1) is 20.3. The number of Topliss-reactive ketones (excluding diaryl/α,β-unsaturated/α-hetero) is 1. The van der Waals surface area contributed by atoms with Gasteiger partial charge in [0, 0.05) is 24.6 Å². The van der Waals surface area contributed by atoms with E-state index in [1.807, 2.05) is 0 Å². The van der Waals surface area contributed by atoms with Gasteiger partial charge in [-0.3, -0.25) is 4.79 Å². The summed E-state index contributed by atoms with van der Waals surface area (Å²) in [5.41, 5.74) is 4.24. The zero-order chi connectivity index (χ0) is 21.1. The molecular formula is C27H37NO2. The van der Waals surface area contributed by atoms with Crippen molar-refractivity contribution in [3.63, 3.8) is 0 Å². The molecule has 1 aromatic carbocycles. The van der Waals surface area contributed by atoms with Gasteiger partial charge in [-0.2, -0.15) is 0 Å². The minimum atomic E-state index is -0.153. The maximum Gasteiger partial charge on any atom is 0.138 e.